The van der Waals surface area contributed by atoms with Gasteiger partial charge in [-0.3, -0.25) is 0 Å². The van der Waals surface area contributed by atoms with E-state index in [1.165, 1.54) is 12.1 Å². The Morgan fingerprint density at radius 1 is 2.00 bits per heavy atom. The van der Waals surface area contributed by atoms with Crippen molar-refractivity contribution in [2.45, 2.75) is 6.29 Å². The molecular weight excluding hydrogens is 106 g/mol. The summed E-state index contributed by atoms with van der Waals surface area (Å²) in [6.07, 6.45) is -0.143. The van der Waals surface area contributed by atoms with Crippen LogP contribution in [0.25, 0.3) is 0 Å². The zero-order chi connectivity index (χ0) is 6.41. The first kappa shape index (κ1) is 7.15. The average Bonchev–Trinajstić information content (AvgIpc) is 1.83. The predicted molar refractivity (Wildman–Crippen MR) is 26.2 cm³/mol. The van der Waals surface area contributed by atoms with E-state index in [4.69, 9.17) is 5.26 Å². The van der Waals surface area contributed by atoms with Gasteiger partial charge in [-0.05, 0) is 0 Å². The lowest BCUT2D eigenvalue weighted by molar-refractivity contribution is -0.0905. The van der Waals surface area contributed by atoms with Gasteiger partial charge >= 0.3 is 0 Å². The summed E-state index contributed by atoms with van der Waals surface area (Å²) in [5.41, 5.74) is 0. The minimum atomic E-state index is -1.56. The molecule has 3 nitrogen and oxygen atoms in total. The third kappa shape index (κ3) is 3.34. The molecule has 0 saturated carbocycles. The van der Waals surface area contributed by atoms with Crippen molar-refractivity contribution in [2.24, 2.45) is 0 Å². The SMILES string of the molecule is C=CCOC([O])C#N. The highest BCUT2D eigenvalue weighted by molar-refractivity contribution is 4.75. The fourth-order valence-corrected chi connectivity index (χ4v) is 0.193. The monoisotopic (exact) mass is 112 g/mol. The molecule has 3 heteroatoms. The van der Waals surface area contributed by atoms with Crippen LogP contribution in [0.15, 0.2) is 12.7 Å². The van der Waals surface area contributed by atoms with E-state index in [1.54, 1.807) is 0 Å². The van der Waals surface area contributed by atoms with E-state index in [9.17, 15) is 5.11 Å². The zero-order valence-electron chi connectivity index (χ0n) is 4.33. The van der Waals surface area contributed by atoms with Crippen LogP contribution in [0, 0.1) is 11.3 Å². The lowest BCUT2D eigenvalue weighted by Crippen LogP contribution is -2.05. The molecule has 1 radical (unpaired) electrons. The summed E-state index contributed by atoms with van der Waals surface area (Å²) < 4.78 is 4.31. The summed E-state index contributed by atoms with van der Waals surface area (Å²) in [7, 11) is 0. The highest BCUT2D eigenvalue weighted by Crippen LogP contribution is 1.82. The Hall–Kier alpha value is -0.850. The molecule has 0 aromatic heterocycles. The van der Waals surface area contributed by atoms with Crippen molar-refractivity contribution in [3.63, 3.8) is 0 Å². The van der Waals surface area contributed by atoms with Gasteiger partial charge in [-0.15, -0.1) is 6.58 Å². The van der Waals surface area contributed by atoms with Crippen LogP contribution >= 0.6 is 0 Å². The van der Waals surface area contributed by atoms with Crippen LogP contribution < -0.4 is 0 Å². The third-order valence-electron chi connectivity index (χ3n) is 0.471. The average molecular weight is 112 g/mol. The van der Waals surface area contributed by atoms with Gasteiger partial charge in [0.2, 0.25) is 0 Å². The molecule has 8 heavy (non-hydrogen) atoms. The minimum absolute atomic E-state index is 0.141. The van der Waals surface area contributed by atoms with Gasteiger partial charge in [-0.1, -0.05) is 6.08 Å². The maximum atomic E-state index is 10.0. The van der Waals surface area contributed by atoms with E-state index in [-0.39, 0.29) is 6.61 Å². The van der Waals surface area contributed by atoms with Gasteiger partial charge in [0.05, 0.1) is 6.61 Å². The van der Waals surface area contributed by atoms with Gasteiger partial charge in [-0.2, -0.15) is 10.4 Å². The molecule has 0 saturated heterocycles. The number of ether oxygens (including phenoxy) is 1. The van der Waals surface area contributed by atoms with E-state index in [2.05, 4.69) is 11.3 Å². The summed E-state index contributed by atoms with van der Waals surface area (Å²) in [5, 5.41) is 17.9. The molecule has 0 heterocycles. The molecule has 43 valence electrons. The van der Waals surface area contributed by atoms with Crippen molar-refractivity contribution < 1.29 is 9.84 Å². The van der Waals surface area contributed by atoms with Gasteiger partial charge in [0.15, 0.2) is 0 Å². The molecule has 0 aliphatic rings. The second kappa shape index (κ2) is 4.31. The van der Waals surface area contributed by atoms with Crippen LogP contribution in [-0.2, 0) is 9.84 Å². The number of nitriles is 1. The lowest BCUT2D eigenvalue weighted by Gasteiger charge is -1.94. The van der Waals surface area contributed by atoms with Gasteiger partial charge < -0.3 is 4.74 Å². The van der Waals surface area contributed by atoms with Crippen LogP contribution in [0.1, 0.15) is 0 Å². The molecule has 1 atom stereocenters. The van der Waals surface area contributed by atoms with Gasteiger partial charge in [-0.25, -0.2) is 0 Å². The molecule has 0 spiro atoms. The van der Waals surface area contributed by atoms with Crippen molar-refractivity contribution in [2.75, 3.05) is 6.61 Å². The van der Waals surface area contributed by atoms with Crippen LogP contribution in [0.5, 0.6) is 0 Å². The number of rotatable bonds is 3. The van der Waals surface area contributed by atoms with Gasteiger partial charge in [0.25, 0.3) is 6.29 Å². The fraction of sp³-hybridized carbons (Fsp3) is 0.400. The number of hydrogen-bond acceptors (Lipinski definition) is 2. The quantitative estimate of drug-likeness (QED) is 0.393. The number of nitrogens with zero attached hydrogens (tertiary/aromatic N) is 1. The summed E-state index contributed by atoms with van der Waals surface area (Å²) >= 11 is 0. The molecule has 0 aliphatic carbocycles. The molecule has 0 N–H and O–H groups in total. The van der Waals surface area contributed by atoms with Crippen LogP contribution in [-0.4, -0.2) is 12.9 Å². The molecule has 0 aromatic rings. The highest BCUT2D eigenvalue weighted by atomic mass is 16.6. The molecule has 0 aliphatic heterocycles. The normalized spacial score (nSPS) is 12.0. The molecule has 0 amide bonds. The Kier molecular flexibility index (Phi) is 3.85. The van der Waals surface area contributed by atoms with Gasteiger partial charge in [0.1, 0.15) is 6.07 Å². The van der Waals surface area contributed by atoms with Crippen molar-refractivity contribution >= 4 is 0 Å². The Balaban J connectivity index is 3.14. The summed E-state index contributed by atoms with van der Waals surface area (Å²) in [6, 6.07) is 1.37. The Morgan fingerprint density at radius 3 is 3.00 bits per heavy atom. The Labute approximate surface area is 47.8 Å². The van der Waals surface area contributed by atoms with E-state index in [0.717, 1.165) is 0 Å². The van der Waals surface area contributed by atoms with E-state index >= 15 is 0 Å². The van der Waals surface area contributed by atoms with Crippen LogP contribution in [0.3, 0.4) is 0 Å². The van der Waals surface area contributed by atoms with E-state index in [1.807, 2.05) is 0 Å². The van der Waals surface area contributed by atoms with Crippen molar-refractivity contribution in [3.8, 4) is 6.07 Å². The lowest BCUT2D eigenvalue weighted by atomic mass is 10.6. The standard InChI is InChI=1S/C5H6NO2/c1-2-3-8-5(7)4-6/h2,5H,1,3H2. The van der Waals surface area contributed by atoms with Crippen LogP contribution in [0.2, 0.25) is 0 Å². The third-order valence-corrected chi connectivity index (χ3v) is 0.471. The zero-order valence-corrected chi connectivity index (χ0v) is 4.33. The second-order valence-electron chi connectivity index (χ2n) is 1.08. The van der Waals surface area contributed by atoms with Crippen molar-refractivity contribution in [1.29, 1.82) is 5.26 Å². The number of hydrogen-bond donors (Lipinski definition) is 0. The molecule has 1 unspecified atom stereocenters. The molecular formula is C5H6NO2. The van der Waals surface area contributed by atoms with Crippen molar-refractivity contribution in [1.82, 2.24) is 0 Å². The predicted octanol–water partition coefficient (Wildman–Crippen LogP) is 0.469. The summed E-state index contributed by atoms with van der Waals surface area (Å²) in [6.45, 7) is 3.43. The van der Waals surface area contributed by atoms with E-state index in [0.29, 0.717) is 0 Å². The summed E-state index contributed by atoms with van der Waals surface area (Å²) in [4.78, 5) is 0. The maximum absolute atomic E-state index is 10.0. The van der Waals surface area contributed by atoms with Crippen molar-refractivity contribution in [3.05, 3.63) is 12.7 Å². The first-order valence-corrected chi connectivity index (χ1v) is 2.09. The Bertz CT molecular complexity index is 105. The molecule has 0 rings (SSSR count). The first-order valence-electron chi connectivity index (χ1n) is 2.09. The van der Waals surface area contributed by atoms with Gasteiger partial charge in [0, 0.05) is 0 Å². The molecule has 0 bridgehead atoms. The first-order chi connectivity index (χ1) is 3.81. The highest BCUT2D eigenvalue weighted by Gasteiger charge is 1.98. The minimum Gasteiger partial charge on any atom is -0.334 e. The topological polar surface area (TPSA) is 52.9 Å². The smallest absolute Gasteiger partial charge is 0.279 e. The molecule has 0 aromatic carbocycles. The Morgan fingerprint density at radius 2 is 2.62 bits per heavy atom. The maximum Gasteiger partial charge on any atom is 0.279 e. The second-order valence-corrected chi connectivity index (χ2v) is 1.08. The summed E-state index contributed by atoms with van der Waals surface area (Å²) in [5.74, 6) is 0. The van der Waals surface area contributed by atoms with Crippen LogP contribution in [0.4, 0.5) is 0 Å². The van der Waals surface area contributed by atoms with E-state index < -0.39 is 6.29 Å². The largest absolute Gasteiger partial charge is 0.334 e. The fourth-order valence-electron chi connectivity index (χ4n) is 0.193. The molecule has 0 fully saturated rings.